The first-order valence-electron chi connectivity index (χ1n) is 45.2. The summed E-state index contributed by atoms with van der Waals surface area (Å²) in [7, 11) is 7.64. The lowest BCUT2D eigenvalue weighted by Gasteiger charge is -2.07. The summed E-state index contributed by atoms with van der Waals surface area (Å²) in [5.74, 6) is 0. The van der Waals surface area contributed by atoms with E-state index in [-0.39, 0.29) is 11.4 Å². The maximum Gasteiger partial charge on any atom is 0.227 e. The van der Waals surface area contributed by atoms with Crippen LogP contribution in [0.5, 0.6) is 0 Å². The molecule has 0 aliphatic heterocycles. The van der Waals surface area contributed by atoms with Crippen molar-refractivity contribution in [1.29, 1.82) is 0 Å². The first-order valence-corrected chi connectivity index (χ1v) is 39.2. The van der Waals surface area contributed by atoms with Gasteiger partial charge in [-0.2, -0.15) is 0 Å². The molecule has 15 nitrogen and oxygen atoms in total. The van der Waals surface area contributed by atoms with Crippen molar-refractivity contribution in [3.8, 4) is 45.0 Å². The Kier molecular flexibility index (Phi) is 13.8. The van der Waals surface area contributed by atoms with Crippen LogP contribution < -0.4 is 18.3 Å². The highest BCUT2D eigenvalue weighted by Crippen LogP contribution is 2.49. The lowest BCUT2D eigenvalue weighted by molar-refractivity contribution is -0.660. The summed E-state index contributed by atoms with van der Waals surface area (Å²) in [5, 5.41) is 14.4. The predicted octanol–water partition coefficient (Wildman–Crippen LogP) is 25.5. The van der Waals surface area contributed by atoms with Gasteiger partial charge in [-0.1, -0.05) is 66.7 Å². The third-order valence-corrected chi connectivity index (χ3v) is 23.6. The molecule has 24 aromatic rings. The number of aromatic nitrogens is 7. The average Bonchev–Trinajstić information content (AvgIpc) is 1.57. The fourth-order valence-corrected chi connectivity index (χ4v) is 17.7. The smallest absolute Gasteiger partial charge is 0.227 e. The molecule has 0 aliphatic rings. The molecule has 0 radical (unpaired) electrons. The Labute approximate surface area is 699 Å². The van der Waals surface area contributed by atoms with Gasteiger partial charge in [0.15, 0.2) is 30.4 Å². The molecule has 0 N–H and O–H groups in total. The minimum absolute atomic E-state index is 0.0198. The van der Waals surface area contributed by atoms with Crippen molar-refractivity contribution in [2.24, 2.45) is 28.2 Å². The summed E-state index contributed by atoms with van der Waals surface area (Å²) in [6, 6.07) is 61.2. The van der Waals surface area contributed by atoms with Crippen LogP contribution >= 0.6 is 0 Å². The van der Waals surface area contributed by atoms with Crippen LogP contribution in [0.25, 0.3) is 221 Å². The van der Waals surface area contributed by atoms with E-state index in [1.54, 1.807) is 50.0 Å². The largest absolute Gasteiger partial charge is 0.456 e. The van der Waals surface area contributed by atoms with Crippen LogP contribution in [0.1, 0.15) is 77.8 Å². The van der Waals surface area contributed by atoms with E-state index in [9.17, 15) is 0 Å². The van der Waals surface area contributed by atoms with Gasteiger partial charge in [-0.15, -0.1) is 0 Å². The van der Waals surface area contributed by atoms with Crippen molar-refractivity contribution in [2.45, 2.75) is 75.9 Å². The number of benzene rings is 9. The molecular weight excluding hydrogens is 1480 g/mol. The zero-order valence-corrected chi connectivity index (χ0v) is 66.8. The van der Waals surface area contributed by atoms with Gasteiger partial charge in [-0.3, -0.25) is 9.97 Å². The normalized spacial score (nSPS) is 13.9. The molecule has 0 amide bonds. The number of aryl methyl sites for hydroxylation is 15. The van der Waals surface area contributed by atoms with Gasteiger partial charge >= 0.3 is 0 Å². The molecule has 0 saturated heterocycles. The topological polar surface area (TPSA) is 159 Å². The Hall–Kier alpha value is -14.6. The minimum Gasteiger partial charge on any atom is -0.456 e. The molecule has 24 rings (SSSR count). The Morgan fingerprint density at radius 1 is 0.277 bits per heavy atom. The number of hydrogen-bond donors (Lipinski definition) is 0. The van der Waals surface area contributed by atoms with Gasteiger partial charge in [0.1, 0.15) is 112 Å². The molecule has 0 saturated carbocycles. The van der Waals surface area contributed by atoms with Crippen molar-refractivity contribution in [3.63, 3.8) is 0 Å². The maximum absolute atomic E-state index is 7.86. The molecule has 0 aliphatic carbocycles. The predicted molar refractivity (Wildman–Crippen MR) is 476 cm³/mol. The van der Waals surface area contributed by atoms with Gasteiger partial charge in [0.25, 0.3) is 0 Å². The fraction of sp³-hybridized carbons (Fsp3) is 0.144. The lowest BCUT2D eigenvalue weighted by Crippen LogP contribution is -2.31. The highest BCUT2D eigenvalue weighted by atomic mass is 16.4. The van der Waals surface area contributed by atoms with Gasteiger partial charge < -0.3 is 35.3 Å². The van der Waals surface area contributed by atoms with E-state index in [2.05, 4.69) is 106 Å². The molecule has 15 aromatic heterocycles. The molecule has 9 aromatic carbocycles. The van der Waals surface area contributed by atoms with Crippen LogP contribution in [0.2, 0.25) is 0 Å². The molecule has 15 heteroatoms. The fourth-order valence-electron chi connectivity index (χ4n) is 17.7. The second kappa shape index (κ2) is 27.3. The minimum atomic E-state index is -2.33. The molecule has 0 bridgehead atoms. The summed E-state index contributed by atoms with van der Waals surface area (Å²) in [6.45, 7) is 4.83. The van der Waals surface area contributed by atoms with Gasteiger partial charge in [-0.25, -0.2) is 23.3 Å². The van der Waals surface area contributed by atoms with Crippen LogP contribution in [0.3, 0.4) is 0 Å². The summed E-state index contributed by atoms with van der Waals surface area (Å²) >= 11 is 0. The van der Waals surface area contributed by atoms with Crippen LogP contribution in [0.15, 0.2) is 267 Å². The van der Waals surface area contributed by atoms with Crippen LogP contribution in [0, 0.1) is 75.9 Å². The van der Waals surface area contributed by atoms with Gasteiger partial charge in [0.05, 0.1) is 33.0 Å². The summed E-state index contributed by atoms with van der Waals surface area (Å²) in [5.41, 5.74) is 27.8. The lowest BCUT2D eigenvalue weighted by atomic mass is 9.98. The van der Waals surface area contributed by atoms with Crippen molar-refractivity contribution in [1.82, 2.24) is 15.0 Å². The molecule has 119 heavy (non-hydrogen) atoms. The monoisotopic (exact) mass is 1570 g/mol. The van der Waals surface area contributed by atoms with E-state index in [0.29, 0.717) is 44.4 Å². The molecule has 0 fully saturated rings. The van der Waals surface area contributed by atoms with E-state index >= 15 is 0 Å². The number of furan rings is 8. The van der Waals surface area contributed by atoms with Crippen molar-refractivity contribution >= 4 is 176 Å². The first-order chi connectivity index (χ1) is 62.5. The molecule has 0 spiro atoms. The molecule has 578 valence electrons. The molecule has 0 atom stereocenters. The van der Waals surface area contributed by atoms with E-state index in [4.69, 9.17) is 51.8 Å². The first kappa shape index (κ1) is 60.0. The van der Waals surface area contributed by atoms with Crippen LogP contribution in [-0.2, 0) is 28.2 Å². The number of hydrogen-bond acceptors (Lipinski definition) is 11. The Morgan fingerprint density at radius 2 is 0.689 bits per heavy atom. The van der Waals surface area contributed by atoms with Crippen LogP contribution in [-0.4, -0.2) is 15.0 Å². The number of nitrogens with zero attached hydrogens (tertiary/aromatic N) is 7. The molecular formula is C104H83N7O8+4. The highest BCUT2D eigenvalue weighted by Gasteiger charge is 2.30. The zero-order chi connectivity index (χ0) is 91.4. The van der Waals surface area contributed by atoms with Gasteiger partial charge in [0, 0.05) is 158 Å². The number of pyridine rings is 7. The maximum atomic E-state index is 7.86. The van der Waals surface area contributed by atoms with E-state index in [1.807, 2.05) is 179 Å². The van der Waals surface area contributed by atoms with E-state index in [1.165, 1.54) is 11.6 Å². The second-order valence-electron chi connectivity index (χ2n) is 31.2. The Morgan fingerprint density at radius 3 is 1.23 bits per heavy atom. The summed E-state index contributed by atoms with van der Waals surface area (Å²) < 4.78 is 151. The van der Waals surface area contributed by atoms with Crippen LogP contribution in [0.4, 0.5) is 0 Å². The average molecular weight is 1570 g/mol. The van der Waals surface area contributed by atoms with E-state index in [0.717, 1.165) is 221 Å². The van der Waals surface area contributed by atoms with Crippen molar-refractivity contribution < 1.29 is 70.1 Å². The number of rotatable bonds is 4. The summed E-state index contributed by atoms with van der Waals surface area (Å²) in [4.78, 5) is 13.1. The number of para-hydroxylation sites is 1. The molecule has 15 heterocycles. The Balaban J connectivity index is 0.000000106. The molecule has 0 unspecified atom stereocenters. The van der Waals surface area contributed by atoms with Gasteiger partial charge in [-0.05, 0) is 206 Å². The van der Waals surface area contributed by atoms with Crippen molar-refractivity contribution in [3.05, 3.63) is 293 Å². The third kappa shape index (κ3) is 11.3. The third-order valence-electron chi connectivity index (χ3n) is 23.6. The number of fused-ring (bicyclic) bond motifs is 28. The zero-order valence-electron chi connectivity index (χ0n) is 78.8. The standard InChI is InChI=1S/C27H23N2O2.2C26H21N2O2.C25H18NO2/c1-14-6-8-18-24-21(10-11-22-25(24)19-9-7-17(4)28-27(19)31-22)30-26(18)23(14)20-12-15(2)16(3)13-29(20)5;1-14-5-6-17-24-22(8-7-21-25(24)18-12-27-10-9-20(18)29-21)30-26(17)23(14)19-11-15(2)16(3)13-28(19)4;1-14-7-8-17-23-19(9-10-20-24(23)25-21(29-20)6-5-11-27-25)30-26(17)22(14)18-12-15(2)16(3)13-28(18)4;1-15-10-11-18-23-21(28-25(18)22(15)19-8-5-6-14-26(19)2)13-12-17-16-7-3-4-9-20(16)27-24(17)23/h6-13H,1-5H3;2*5-13H,1-4H3;3-14H,1-2H3/q4*+1/i3D3,4D3;2*3D3;. The second-order valence-corrected chi connectivity index (χ2v) is 31.2. The quantitative estimate of drug-likeness (QED) is 0.154. The van der Waals surface area contributed by atoms with Gasteiger partial charge in [0.2, 0.25) is 28.5 Å². The highest BCUT2D eigenvalue weighted by molar-refractivity contribution is 6.30. The summed E-state index contributed by atoms with van der Waals surface area (Å²) in [6.07, 6.45) is 12.4. The Bertz CT molecular complexity index is 8720. The van der Waals surface area contributed by atoms with E-state index < -0.39 is 27.4 Å². The SMILES string of the molecule is Cc1ccc2c(oc3ccc4c5ccccc5oc4c32)c1-c1cccc[n+]1C.[2H]C([2H])([2H])c1c[n+](C)c(-c2c(C)ccc3c2oc2ccc4oc5cccnc5c4c23)cc1C.[2H]C([2H])([2H])c1c[n+](C)c(-c2c(C)ccc3c2oc2ccc4oc5ccncc5c4c23)cc1C.[2H]C([2H])([2H])c1ccc2c(n1)oc1ccc3oc4c(-c5cc(C)c(C([2H])([2H])[2H])c[n+]5C)c(C)ccc4c3c12. The van der Waals surface area contributed by atoms with Crippen molar-refractivity contribution in [2.75, 3.05) is 0 Å².